The third-order valence-electron chi connectivity index (χ3n) is 4.26. The minimum Gasteiger partial charge on any atom is -0.433 e. The quantitative estimate of drug-likeness (QED) is 0.588. The fourth-order valence-electron chi connectivity index (χ4n) is 3.31. The summed E-state index contributed by atoms with van der Waals surface area (Å²) in [5.74, 6) is 0. The molecule has 4 rings (SSSR count). The molecule has 0 aromatic heterocycles. The summed E-state index contributed by atoms with van der Waals surface area (Å²) >= 11 is 0. The maximum Gasteiger partial charge on any atom is 0.0710 e. The summed E-state index contributed by atoms with van der Waals surface area (Å²) in [4.78, 5) is 0. The minimum absolute atomic E-state index is 0. The van der Waals surface area contributed by atoms with E-state index >= 15 is 0 Å². The number of fused-ring (bicyclic) bond motifs is 4. The number of rotatable bonds is 3. The fourth-order valence-corrected chi connectivity index (χ4v) is 3.31. The van der Waals surface area contributed by atoms with Crippen LogP contribution in [-0.4, -0.2) is 0 Å². The van der Waals surface area contributed by atoms with Crippen molar-refractivity contribution in [2.75, 3.05) is 0 Å². The molecule has 1 unspecified atom stereocenters. The largest absolute Gasteiger partial charge is 0.433 e. The Kier molecular flexibility index (Phi) is 5.01. The van der Waals surface area contributed by atoms with E-state index in [1.165, 1.54) is 27.5 Å². The van der Waals surface area contributed by atoms with E-state index in [2.05, 4.69) is 55.1 Å². The Bertz CT molecular complexity index is 853. The van der Waals surface area contributed by atoms with Gasteiger partial charge in [0.15, 0.2) is 0 Å². The molecule has 2 heteroatoms. The van der Waals surface area contributed by atoms with Crippen molar-refractivity contribution in [2.45, 2.75) is 12.5 Å². The summed E-state index contributed by atoms with van der Waals surface area (Å²) in [5, 5.41) is 2.50. The van der Waals surface area contributed by atoms with Crippen LogP contribution in [0.3, 0.4) is 0 Å². The molecule has 1 aliphatic rings. The minimum atomic E-state index is -0.121. The van der Waals surface area contributed by atoms with Crippen LogP contribution < -0.4 is 0 Å². The van der Waals surface area contributed by atoms with Gasteiger partial charge in [0.2, 0.25) is 0 Å². The summed E-state index contributed by atoms with van der Waals surface area (Å²) < 4.78 is 6.02. The Morgan fingerprint density at radius 1 is 1.09 bits per heavy atom. The third-order valence-corrected chi connectivity index (χ3v) is 4.26. The second-order valence-electron chi connectivity index (χ2n) is 5.53. The average molecular weight is 373 g/mol. The zero-order valence-corrected chi connectivity index (χ0v) is 15.7. The topological polar surface area (TPSA) is 9.23 Å². The van der Waals surface area contributed by atoms with Crippen LogP contribution in [0.2, 0.25) is 0 Å². The number of benzene rings is 3. The molecule has 1 radical (unpaired) electrons. The Morgan fingerprint density at radius 2 is 1.96 bits per heavy atom. The van der Waals surface area contributed by atoms with Gasteiger partial charge in [0.25, 0.3) is 0 Å². The smallest absolute Gasteiger partial charge is 0.0710 e. The van der Waals surface area contributed by atoms with Crippen LogP contribution in [0.15, 0.2) is 67.3 Å². The molecule has 23 heavy (non-hydrogen) atoms. The maximum absolute atomic E-state index is 6.02. The molecular formula is C21H16OY-2. The molecule has 111 valence electrons. The molecule has 0 spiro atoms. The van der Waals surface area contributed by atoms with Crippen molar-refractivity contribution in [2.24, 2.45) is 0 Å². The van der Waals surface area contributed by atoms with E-state index in [1.54, 1.807) is 12.7 Å². The van der Waals surface area contributed by atoms with Crippen molar-refractivity contribution < 1.29 is 37.4 Å². The first-order valence-electron chi connectivity index (χ1n) is 7.48. The second kappa shape index (κ2) is 7.01. The van der Waals surface area contributed by atoms with Crippen molar-refractivity contribution in [1.82, 2.24) is 0 Å². The molecule has 0 bridgehead atoms. The van der Waals surface area contributed by atoms with Crippen LogP contribution in [0.25, 0.3) is 10.8 Å². The van der Waals surface area contributed by atoms with E-state index in [0.29, 0.717) is 0 Å². The SMILES string of the molecule is C=C[CH-]OC1c2[c-]cccc2Cc2ccc3ccccc3c21.[Y]. The molecular weight excluding hydrogens is 357 g/mol. The summed E-state index contributed by atoms with van der Waals surface area (Å²) in [7, 11) is 0. The molecule has 0 amide bonds. The summed E-state index contributed by atoms with van der Waals surface area (Å²) in [6.45, 7) is 5.40. The van der Waals surface area contributed by atoms with Gasteiger partial charge in [-0.15, -0.1) is 17.7 Å². The molecule has 3 aromatic rings. The normalized spacial score (nSPS) is 15.2. The Hall–Kier alpha value is -1.41. The van der Waals surface area contributed by atoms with Crippen molar-refractivity contribution in [3.8, 4) is 0 Å². The first kappa shape index (κ1) is 16.5. The molecule has 0 aliphatic heterocycles. The summed E-state index contributed by atoms with van der Waals surface area (Å²) in [6, 6.07) is 22.4. The molecule has 0 heterocycles. The average Bonchev–Trinajstić information content (AvgIpc) is 2.58. The van der Waals surface area contributed by atoms with Gasteiger partial charge >= 0.3 is 0 Å². The number of hydrogen-bond donors (Lipinski definition) is 0. The second-order valence-corrected chi connectivity index (χ2v) is 5.53. The van der Waals surface area contributed by atoms with Gasteiger partial charge in [-0.25, -0.2) is 12.7 Å². The zero-order chi connectivity index (χ0) is 14.9. The molecule has 3 aromatic carbocycles. The zero-order valence-electron chi connectivity index (χ0n) is 12.8. The molecule has 0 fully saturated rings. The van der Waals surface area contributed by atoms with Gasteiger partial charge in [-0.1, -0.05) is 36.4 Å². The van der Waals surface area contributed by atoms with Crippen LogP contribution in [0.4, 0.5) is 0 Å². The Morgan fingerprint density at radius 3 is 2.83 bits per heavy atom. The van der Waals surface area contributed by atoms with Crippen LogP contribution in [0.1, 0.15) is 28.4 Å². The molecule has 1 atom stereocenters. The van der Waals surface area contributed by atoms with E-state index < -0.39 is 0 Å². The van der Waals surface area contributed by atoms with Gasteiger partial charge in [-0.05, 0) is 28.3 Å². The predicted octanol–water partition coefficient (Wildman–Crippen LogP) is 5.00. The molecule has 1 aliphatic carbocycles. The van der Waals surface area contributed by atoms with Gasteiger partial charge in [-0.2, -0.15) is 24.3 Å². The van der Waals surface area contributed by atoms with E-state index in [1.807, 2.05) is 12.1 Å². The van der Waals surface area contributed by atoms with E-state index in [-0.39, 0.29) is 38.8 Å². The Labute approximate surface area is 162 Å². The van der Waals surface area contributed by atoms with Crippen LogP contribution in [-0.2, 0) is 43.9 Å². The van der Waals surface area contributed by atoms with Crippen molar-refractivity contribution in [3.05, 3.63) is 102 Å². The number of hydrogen-bond acceptors (Lipinski definition) is 1. The summed E-state index contributed by atoms with van der Waals surface area (Å²) in [6.07, 6.45) is 2.49. The molecule has 0 N–H and O–H groups in total. The molecule has 0 saturated heterocycles. The third kappa shape index (κ3) is 2.89. The van der Waals surface area contributed by atoms with Crippen molar-refractivity contribution >= 4 is 10.8 Å². The van der Waals surface area contributed by atoms with Gasteiger partial charge in [0.05, 0.1) is 6.10 Å². The van der Waals surface area contributed by atoms with Gasteiger partial charge in [0, 0.05) is 32.7 Å². The monoisotopic (exact) mass is 373 g/mol. The van der Waals surface area contributed by atoms with E-state index in [0.717, 1.165) is 12.0 Å². The molecule has 1 nitrogen and oxygen atoms in total. The summed E-state index contributed by atoms with van der Waals surface area (Å²) in [5.41, 5.74) is 5.00. The van der Waals surface area contributed by atoms with Crippen LogP contribution in [0.5, 0.6) is 0 Å². The van der Waals surface area contributed by atoms with E-state index in [9.17, 15) is 0 Å². The van der Waals surface area contributed by atoms with Crippen molar-refractivity contribution in [3.63, 3.8) is 0 Å². The number of ether oxygens (including phenoxy) is 1. The van der Waals surface area contributed by atoms with Crippen LogP contribution in [0, 0.1) is 12.7 Å². The maximum atomic E-state index is 6.02. The first-order valence-corrected chi connectivity index (χ1v) is 7.48. The van der Waals surface area contributed by atoms with E-state index in [4.69, 9.17) is 4.74 Å². The predicted molar refractivity (Wildman–Crippen MR) is 89.5 cm³/mol. The van der Waals surface area contributed by atoms with Crippen molar-refractivity contribution in [1.29, 1.82) is 0 Å². The standard InChI is InChI=1S/C21H16O.Y/c1-2-13-22-21-19-10-6-4-8-16(19)14-17-12-11-15-7-3-5-9-18(15)20(17)21;/h2-9,11-13,21H,1,14H2;/q-2;. The van der Waals surface area contributed by atoms with Crippen LogP contribution >= 0.6 is 0 Å². The van der Waals surface area contributed by atoms with Gasteiger partial charge in [0.1, 0.15) is 0 Å². The first-order chi connectivity index (χ1) is 10.9. The molecule has 0 saturated carbocycles. The Balaban J connectivity index is 0.00000156. The fraction of sp³-hybridized carbons (Fsp3) is 0.0952. The van der Waals surface area contributed by atoms with Gasteiger partial charge < -0.3 is 4.74 Å². The van der Waals surface area contributed by atoms with Gasteiger partial charge in [-0.3, -0.25) is 0 Å².